The average molecular weight is 250 g/mol. The van der Waals surface area contributed by atoms with E-state index in [1.54, 1.807) is 0 Å². The molecular weight excluding hydrogens is 240 g/mol. The minimum Gasteiger partial charge on any atom is -0.461 e. The molecular formula is C11H10N2O3S. The summed E-state index contributed by atoms with van der Waals surface area (Å²) in [6, 6.07) is 3.28. The highest BCUT2D eigenvalue weighted by Gasteiger charge is 2.09. The van der Waals surface area contributed by atoms with Gasteiger partial charge in [0.15, 0.2) is 0 Å². The third-order valence-electron chi connectivity index (χ3n) is 2.11. The number of carbonyl (C=O) groups excluding carboxylic acids is 1. The van der Waals surface area contributed by atoms with Crippen LogP contribution in [0.15, 0.2) is 27.7 Å². The van der Waals surface area contributed by atoms with Crippen LogP contribution in [0.1, 0.15) is 12.5 Å². The highest BCUT2D eigenvalue weighted by Crippen LogP contribution is 2.22. The van der Waals surface area contributed by atoms with E-state index in [9.17, 15) is 9.59 Å². The second kappa shape index (κ2) is 4.92. The second-order valence-corrected chi connectivity index (χ2v) is 4.18. The molecule has 2 aromatic rings. The molecule has 0 spiro atoms. The fourth-order valence-corrected chi connectivity index (χ4v) is 2.02. The highest BCUT2D eigenvalue weighted by molar-refractivity contribution is 7.08. The Balaban J connectivity index is 2.38. The van der Waals surface area contributed by atoms with Crippen LogP contribution in [0.4, 0.5) is 0 Å². The normalized spacial score (nSPS) is 10.2. The smallest absolute Gasteiger partial charge is 0.302 e. The summed E-state index contributed by atoms with van der Waals surface area (Å²) >= 11 is 1.53. The molecule has 0 aromatic carbocycles. The van der Waals surface area contributed by atoms with Crippen LogP contribution in [0.5, 0.6) is 0 Å². The summed E-state index contributed by atoms with van der Waals surface area (Å²) in [7, 11) is 0. The lowest BCUT2D eigenvalue weighted by molar-refractivity contribution is -0.142. The summed E-state index contributed by atoms with van der Waals surface area (Å²) in [5.41, 5.74) is 1.81. The zero-order valence-electron chi connectivity index (χ0n) is 9.10. The number of H-pyrrole nitrogens is 1. The maximum Gasteiger partial charge on any atom is 0.302 e. The molecule has 0 amide bonds. The molecule has 0 aliphatic heterocycles. The van der Waals surface area contributed by atoms with Gasteiger partial charge >= 0.3 is 5.97 Å². The first-order valence-corrected chi connectivity index (χ1v) is 5.85. The highest BCUT2D eigenvalue weighted by atomic mass is 32.1. The molecule has 1 N–H and O–H groups in total. The number of thiophene rings is 1. The van der Waals surface area contributed by atoms with Crippen molar-refractivity contribution < 1.29 is 9.53 Å². The molecule has 0 saturated carbocycles. The largest absolute Gasteiger partial charge is 0.461 e. The van der Waals surface area contributed by atoms with E-state index in [1.165, 1.54) is 24.3 Å². The van der Waals surface area contributed by atoms with E-state index in [1.807, 2.05) is 16.8 Å². The summed E-state index contributed by atoms with van der Waals surface area (Å²) in [4.78, 5) is 22.0. The molecule has 0 atom stereocenters. The number of rotatable bonds is 3. The van der Waals surface area contributed by atoms with Crippen LogP contribution in [0, 0.1) is 0 Å². The zero-order chi connectivity index (χ0) is 12.3. The van der Waals surface area contributed by atoms with Crippen LogP contribution < -0.4 is 5.56 Å². The van der Waals surface area contributed by atoms with Gasteiger partial charge in [-0.3, -0.25) is 9.59 Å². The molecule has 0 saturated heterocycles. The Morgan fingerprint density at radius 1 is 1.59 bits per heavy atom. The molecule has 0 radical (unpaired) electrons. The molecule has 5 nitrogen and oxygen atoms in total. The van der Waals surface area contributed by atoms with Crippen LogP contribution in [0.3, 0.4) is 0 Å². The number of hydrogen-bond acceptors (Lipinski definition) is 5. The Morgan fingerprint density at radius 3 is 3.06 bits per heavy atom. The van der Waals surface area contributed by atoms with Gasteiger partial charge in [0.2, 0.25) is 0 Å². The fourth-order valence-electron chi connectivity index (χ4n) is 1.38. The van der Waals surface area contributed by atoms with E-state index in [0.29, 0.717) is 11.3 Å². The average Bonchev–Trinajstić information content (AvgIpc) is 2.80. The molecule has 88 valence electrons. The zero-order valence-corrected chi connectivity index (χ0v) is 9.91. The number of aromatic amines is 1. The van der Waals surface area contributed by atoms with Crippen molar-refractivity contribution in [1.82, 2.24) is 10.2 Å². The Bertz CT molecular complexity index is 575. The number of aromatic nitrogens is 2. The van der Waals surface area contributed by atoms with Crippen molar-refractivity contribution in [2.45, 2.75) is 13.5 Å². The molecule has 0 aliphatic rings. The van der Waals surface area contributed by atoms with Crippen molar-refractivity contribution in [2.24, 2.45) is 0 Å². The lowest BCUT2D eigenvalue weighted by Gasteiger charge is -2.06. The van der Waals surface area contributed by atoms with Crippen molar-refractivity contribution in [1.29, 1.82) is 0 Å². The quantitative estimate of drug-likeness (QED) is 0.839. The van der Waals surface area contributed by atoms with Crippen LogP contribution in [-0.4, -0.2) is 16.2 Å². The summed E-state index contributed by atoms with van der Waals surface area (Å²) in [5.74, 6) is -0.387. The maximum atomic E-state index is 11.2. The molecule has 0 aliphatic carbocycles. The molecule has 2 aromatic heterocycles. The molecule has 0 fully saturated rings. The summed E-state index contributed by atoms with van der Waals surface area (Å²) in [6.45, 7) is 1.38. The van der Waals surface area contributed by atoms with E-state index in [0.717, 1.165) is 5.56 Å². The molecule has 0 unspecified atom stereocenters. The lowest BCUT2D eigenvalue weighted by atomic mass is 10.1. The molecule has 6 heteroatoms. The SMILES string of the molecule is CC(=O)OCc1cc(=O)[nH]nc1-c1ccsc1. The van der Waals surface area contributed by atoms with Crippen molar-refractivity contribution in [2.75, 3.05) is 0 Å². The molecule has 17 heavy (non-hydrogen) atoms. The van der Waals surface area contributed by atoms with Gasteiger partial charge in [-0.15, -0.1) is 0 Å². The first kappa shape index (κ1) is 11.5. The lowest BCUT2D eigenvalue weighted by Crippen LogP contribution is -2.11. The number of esters is 1. The Labute approximate surface area is 101 Å². The summed E-state index contributed by atoms with van der Waals surface area (Å²) in [6.07, 6.45) is 0. The summed E-state index contributed by atoms with van der Waals surface area (Å²) in [5, 5.41) is 10.2. The van der Waals surface area contributed by atoms with Gasteiger partial charge in [-0.05, 0) is 11.4 Å². The molecule has 2 heterocycles. The third-order valence-corrected chi connectivity index (χ3v) is 2.80. The van der Waals surface area contributed by atoms with Gasteiger partial charge in [-0.1, -0.05) is 0 Å². The Morgan fingerprint density at radius 2 is 2.41 bits per heavy atom. The molecule has 0 bridgehead atoms. The molecule has 2 rings (SSSR count). The number of ether oxygens (including phenoxy) is 1. The summed E-state index contributed by atoms with van der Waals surface area (Å²) < 4.78 is 4.89. The third kappa shape index (κ3) is 2.79. The Kier molecular flexibility index (Phi) is 3.34. The van der Waals surface area contributed by atoms with E-state index >= 15 is 0 Å². The van der Waals surface area contributed by atoms with E-state index in [4.69, 9.17) is 4.74 Å². The van der Waals surface area contributed by atoms with Gasteiger partial charge in [-0.25, -0.2) is 5.10 Å². The fraction of sp³-hybridized carbons (Fsp3) is 0.182. The first-order chi connectivity index (χ1) is 8.16. The van der Waals surface area contributed by atoms with E-state index < -0.39 is 0 Å². The van der Waals surface area contributed by atoms with Crippen LogP contribution in [0.25, 0.3) is 11.3 Å². The van der Waals surface area contributed by atoms with Gasteiger partial charge in [0.1, 0.15) is 6.61 Å². The number of nitrogens with one attached hydrogen (secondary N) is 1. The number of carbonyl (C=O) groups is 1. The maximum absolute atomic E-state index is 11.2. The predicted molar refractivity (Wildman–Crippen MR) is 63.6 cm³/mol. The van der Waals surface area contributed by atoms with Crippen molar-refractivity contribution in [3.8, 4) is 11.3 Å². The van der Waals surface area contributed by atoms with Crippen molar-refractivity contribution >= 4 is 17.3 Å². The van der Waals surface area contributed by atoms with E-state index in [-0.39, 0.29) is 18.1 Å². The predicted octanol–water partition coefficient (Wildman–Crippen LogP) is 1.56. The number of hydrogen-bond donors (Lipinski definition) is 1. The number of nitrogens with zero attached hydrogens (tertiary/aromatic N) is 1. The minimum atomic E-state index is -0.387. The van der Waals surface area contributed by atoms with Gasteiger partial charge in [0.25, 0.3) is 5.56 Å². The van der Waals surface area contributed by atoms with Gasteiger partial charge < -0.3 is 4.74 Å². The topological polar surface area (TPSA) is 72.1 Å². The van der Waals surface area contributed by atoms with Crippen LogP contribution >= 0.6 is 11.3 Å². The van der Waals surface area contributed by atoms with Gasteiger partial charge in [-0.2, -0.15) is 16.4 Å². The monoisotopic (exact) mass is 250 g/mol. The Hall–Kier alpha value is -1.95. The minimum absolute atomic E-state index is 0.0530. The van der Waals surface area contributed by atoms with Crippen LogP contribution in [-0.2, 0) is 16.1 Å². The van der Waals surface area contributed by atoms with E-state index in [2.05, 4.69) is 10.2 Å². The van der Waals surface area contributed by atoms with Crippen molar-refractivity contribution in [3.63, 3.8) is 0 Å². The van der Waals surface area contributed by atoms with Gasteiger partial charge in [0, 0.05) is 29.5 Å². The van der Waals surface area contributed by atoms with Crippen molar-refractivity contribution in [3.05, 3.63) is 38.8 Å². The van der Waals surface area contributed by atoms with Crippen LogP contribution in [0.2, 0.25) is 0 Å². The van der Waals surface area contributed by atoms with Gasteiger partial charge in [0.05, 0.1) is 5.69 Å². The standard InChI is InChI=1S/C11H10N2O3S/c1-7(14)16-5-9-4-10(15)12-13-11(9)8-2-3-17-6-8/h2-4,6H,5H2,1H3,(H,12,15). The second-order valence-electron chi connectivity index (χ2n) is 3.40. The first-order valence-electron chi connectivity index (χ1n) is 4.91.